The van der Waals surface area contributed by atoms with Crippen LogP contribution in [-0.4, -0.2) is 34.4 Å². The highest BCUT2D eigenvalue weighted by molar-refractivity contribution is 5.62. The van der Waals surface area contributed by atoms with Gasteiger partial charge in [-0.1, -0.05) is 24.3 Å². The number of nitrogens with zero attached hydrogens (tertiary/aromatic N) is 1. The number of nitrogens with two attached hydrogens (primary N) is 1. The molecule has 0 saturated carbocycles. The van der Waals surface area contributed by atoms with Gasteiger partial charge >= 0.3 is 0 Å². The van der Waals surface area contributed by atoms with Gasteiger partial charge in [0, 0.05) is 11.1 Å². The number of ether oxygens (including phenoxy) is 3. The SMILES string of the molecule is COc1ccc(/C=C2\C[NH+](C)CC3=C2OC(N)=C(C#N)[C@@H]3c2ccc(OC)cc2)cc1. The van der Waals surface area contributed by atoms with Crippen molar-refractivity contribution in [3.63, 3.8) is 0 Å². The van der Waals surface area contributed by atoms with Crippen molar-refractivity contribution in [2.24, 2.45) is 5.73 Å². The molecule has 2 heterocycles. The molecule has 2 aromatic rings. The fourth-order valence-electron chi connectivity index (χ4n) is 4.23. The summed E-state index contributed by atoms with van der Waals surface area (Å²) in [6.45, 7) is 1.57. The van der Waals surface area contributed by atoms with Gasteiger partial charge in [-0.2, -0.15) is 5.26 Å². The highest BCUT2D eigenvalue weighted by Crippen LogP contribution is 2.41. The first-order chi connectivity index (χ1) is 15.0. The van der Waals surface area contributed by atoms with Gasteiger partial charge < -0.3 is 24.8 Å². The van der Waals surface area contributed by atoms with Gasteiger partial charge in [0.2, 0.25) is 5.88 Å². The van der Waals surface area contributed by atoms with Crippen LogP contribution in [-0.2, 0) is 4.74 Å². The second-order valence-corrected chi connectivity index (χ2v) is 7.81. The molecule has 2 aromatic carbocycles. The lowest BCUT2D eigenvalue weighted by Gasteiger charge is -2.35. The van der Waals surface area contributed by atoms with Crippen LogP contribution in [0.5, 0.6) is 11.5 Å². The fraction of sp³-hybridized carbons (Fsp3) is 0.240. The maximum absolute atomic E-state index is 9.85. The molecular weight excluding hydrogens is 390 g/mol. The molecular formula is C25H26N3O3+. The van der Waals surface area contributed by atoms with Crippen LogP contribution in [0.1, 0.15) is 17.0 Å². The minimum atomic E-state index is -0.242. The van der Waals surface area contributed by atoms with E-state index in [0.717, 1.165) is 52.6 Å². The van der Waals surface area contributed by atoms with Crippen molar-refractivity contribution in [1.82, 2.24) is 0 Å². The minimum Gasteiger partial charge on any atom is -0.497 e. The van der Waals surface area contributed by atoms with E-state index in [0.29, 0.717) is 5.57 Å². The molecule has 1 unspecified atom stereocenters. The second kappa shape index (κ2) is 8.58. The van der Waals surface area contributed by atoms with Gasteiger partial charge in [-0.3, -0.25) is 0 Å². The van der Waals surface area contributed by atoms with Crippen molar-refractivity contribution in [2.45, 2.75) is 5.92 Å². The van der Waals surface area contributed by atoms with Crippen LogP contribution < -0.4 is 20.1 Å². The Balaban J connectivity index is 1.81. The Morgan fingerprint density at radius 1 is 1.03 bits per heavy atom. The average Bonchev–Trinajstić information content (AvgIpc) is 2.79. The van der Waals surface area contributed by atoms with Crippen molar-refractivity contribution < 1.29 is 19.1 Å². The summed E-state index contributed by atoms with van der Waals surface area (Å²) in [6, 6.07) is 18.0. The molecule has 6 heteroatoms. The van der Waals surface area contributed by atoms with E-state index in [1.807, 2.05) is 48.5 Å². The molecule has 0 amide bonds. The van der Waals surface area contributed by atoms with Crippen molar-refractivity contribution in [1.29, 1.82) is 5.26 Å². The van der Waals surface area contributed by atoms with Crippen LogP contribution in [0.2, 0.25) is 0 Å². The van der Waals surface area contributed by atoms with E-state index in [1.165, 1.54) is 4.90 Å². The summed E-state index contributed by atoms with van der Waals surface area (Å²) < 4.78 is 16.6. The number of rotatable bonds is 4. The molecule has 158 valence electrons. The first-order valence-electron chi connectivity index (χ1n) is 10.1. The molecule has 6 nitrogen and oxygen atoms in total. The van der Waals surface area contributed by atoms with E-state index in [2.05, 4.69) is 19.2 Å². The molecule has 31 heavy (non-hydrogen) atoms. The van der Waals surface area contributed by atoms with E-state index >= 15 is 0 Å². The Kier molecular flexibility index (Phi) is 5.70. The number of hydrogen-bond acceptors (Lipinski definition) is 5. The maximum Gasteiger partial charge on any atom is 0.205 e. The largest absolute Gasteiger partial charge is 0.497 e. The number of methoxy groups -OCH3 is 2. The van der Waals surface area contributed by atoms with Crippen molar-refractivity contribution in [3.8, 4) is 17.6 Å². The molecule has 4 rings (SSSR count). The lowest BCUT2D eigenvalue weighted by atomic mass is 9.80. The minimum absolute atomic E-state index is 0.169. The zero-order valence-electron chi connectivity index (χ0n) is 17.9. The van der Waals surface area contributed by atoms with E-state index in [1.54, 1.807) is 14.2 Å². The molecule has 0 bridgehead atoms. The predicted octanol–water partition coefficient (Wildman–Crippen LogP) is 2.38. The molecule has 2 atom stereocenters. The Labute approximate surface area is 182 Å². The summed E-state index contributed by atoms with van der Waals surface area (Å²) in [4.78, 5) is 1.32. The summed E-state index contributed by atoms with van der Waals surface area (Å²) in [5.74, 6) is 2.29. The highest BCUT2D eigenvalue weighted by Gasteiger charge is 2.38. The molecule has 0 spiro atoms. The third kappa shape index (κ3) is 4.00. The second-order valence-electron chi connectivity index (χ2n) is 7.81. The van der Waals surface area contributed by atoms with E-state index in [4.69, 9.17) is 19.9 Å². The van der Waals surface area contributed by atoms with Gasteiger partial charge in [-0.25, -0.2) is 0 Å². The van der Waals surface area contributed by atoms with Gasteiger partial charge in [-0.15, -0.1) is 0 Å². The normalized spacial score (nSPS) is 21.9. The summed E-state index contributed by atoms with van der Waals surface area (Å²) in [6.07, 6.45) is 2.12. The molecule has 3 N–H and O–H groups in total. The maximum atomic E-state index is 9.85. The average molecular weight is 417 g/mol. The van der Waals surface area contributed by atoms with Gasteiger partial charge in [0.15, 0.2) is 0 Å². The Morgan fingerprint density at radius 3 is 2.23 bits per heavy atom. The van der Waals surface area contributed by atoms with E-state index in [-0.39, 0.29) is 11.8 Å². The Morgan fingerprint density at radius 2 is 1.65 bits per heavy atom. The van der Waals surface area contributed by atoms with Crippen molar-refractivity contribution in [2.75, 3.05) is 34.4 Å². The highest BCUT2D eigenvalue weighted by atomic mass is 16.5. The smallest absolute Gasteiger partial charge is 0.205 e. The van der Waals surface area contributed by atoms with Gasteiger partial charge in [-0.05, 0) is 41.5 Å². The zero-order valence-corrected chi connectivity index (χ0v) is 17.9. The van der Waals surface area contributed by atoms with Crippen LogP contribution in [0.4, 0.5) is 0 Å². The number of allylic oxidation sites excluding steroid dienone is 1. The lowest BCUT2D eigenvalue weighted by molar-refractivity contribution is -0.871. The molecule has 0 radical (unpaired) electrons. The zero-order chi connectivity index (χ0) is 22.0. The summed E-state index contributed by atoms with van der Waals surface area (Å²) in [5.41, 5.74) is 10.9. The summed E-state index contributed by atoms with van der Waals surface area (Å²) >= 11 is 0. The first kappa shape index (κ1) is 20.6. The molecule has 2 aliphatic heterocycles. The van der Waals surface area contributed by atoms with Crippen LogP contribution in [0.3, 0.4) is 0 Å². The number of nitriles is 1. The van der Waals surface area contributed by atoms with Gasteiger partial charge in [0.25, 0.3) is 0 Å². The van der Waals surface area contributed by atoms with Crippen molar-refractivity contribution in [3.05, 3.63) is 88.0 Å². The van der Waals surface area contributed by atoms with E-state index < -0.39 is 0 Å². The summed E-state index contributed by atoms with van der Waals surface area (Å²) in [7, 11) is 5.43. The van der Waals surface area contributed by atoms with Gasteiger partial charge in [0.05, 0.1) is 27.2 Å². The summed E-state index contributed by atoms with van der Waals surface area (Å²) in [5, 5.41) is 9.85. The number of quaternary nitrogens is 1. The topological polar surface area (TPSA) is 81.9 Å². The molecule has 0 fully saturated rings. The predicted molar refractivity (Wildman–Crippen MR) is 118 cm³/mol. The molecule has 2 aliphatic rings. The number of likely N-dealkylation sites (N-methyl/N-ethyl adjacent to an activating group) is 1. The number of nitrogens with one attached hydrogen (secondary N) is 1. The molecule has 0 aromatic heterocycles. The Hall–Kier alpha value is -3.69. The number of hydrogen-bond donors (Lipinski definition) is 2. The van der Waals surface area contributed by atoms with Crippen LogP contribution in [0.15, 0.2) is 76.9 Å². The Bertz CT molecular complexity index is 1110. The third-order valence-corrected chi connectivity index (χ3v) is 5.71. The number of benzene rings is 2. The van der Waals surface area contributed by atoms with Crippen molar-refractivity contribution >= 4 is 6.08 Å². The van der Waals surface area contributed by atoms with Crippen LogP contribution >= 0.6 is 0 Å². The first-order valence-corrected chi connectivity index (χ1v) is 10.1. The monoisotopic (exact) mass is 416 g/mol. The van der Waals surface area contributed by atoms with Crippen LogP contribution in [0, 0.1) is 11.3 Å². The molecule has 0 saturated heterocycles. The standard InChI is InChI=1S/C25H25N3O3/c1-28-14-18(12-16-4-8-19(29-2)9-5-16)24-22(15-28)23(21(13-26)25(27)31-24)17-6-10-20(30-3)11-7-17/h4-12,23H,14-15,27H2,1-3H3/p+1/b18-12+/t23-/m0/s1. The van der Waals surface area contributed by atoms with Crippen LogP contribution in [0.25, 0.3) is 6.08 Å². The third-order valence-electron chi connectivity index (χ3n) is 5.71. The fourth-order valence-corrected chi connectivity index (χ4v) is 4.23. The van der Waals surface area contributed by atoms with Gasteiger partial charge in [0.1, 0.15) is 42.0 Å². The quantitative estimate of drug-likeness (QED) is 0.800. The molecule has 0 aliphatic carbocycles. The lowest BCUT2D eigenvalue weighted by Crippen LogP contribution is -3.10. The van der Waals surface area contributed by atoms with E-state index in [9.17, 15) is 5.26 Å².